The zero-order valence-electron chi connectivity index (χ0n) is 6.46. The molecule has 0 amide bonds. The molecular formula is C8H12Si2. The van der Waals surface area contributed by atoms with Crippen LogP contribution in [0.15, 0.2) is 30.3 Å². The van der Waals surface area contributed by atoms with Gasteiger partial charge < -0.3 is 0 Å². The Morgan fingerprint density at radius 1 is 1.00 bits per heavy atom. The summed E-state index contributed by atoms with van der Waals surface area (Å²) in [6.07, 6.45) is 0. The largest absolute Gasteiger partial charge is 0.0682 e. The van der Waals surface area contributed by atoms with E-state index in [0.29, 0.717) is 0 Å². The summed E-state index contributed by atoms with van der Waals surface area (Å²) in [5.41, 5.74) is 0. The van der Waals surface area contributed by atoms with Crippen LogP contribution in [0.4, 0.5) is 0 Å². The van der Waals surface area contributed by atoms with Crippen LogP contribution in [0.1, 0.15) is 0 Å². The molecule has 0 nitrogen and oxygen atoms in total. The van der Waals surface area contributed by atoms with Crippen LogP contribution in [-0.4, -0.2) is 19.8 Å². The van der Waals surface area contributed by atoms with Gasteiger partial charge in [0.2, 0.25) is 0 Å². The summed E-state index contributed by atoms with van der Waals surface area (Å²) in [7, 11) is -0.529. The lowest BCUT2D eigenvalue weighted by atomic mass is 10.4. The third-order valence-electron chi connectivity index (χ3n) is 1.47. The molecule has 0 spiro atoms. The molecule has 0 aliphatic rings. The molecule has 0 bridgehead atoms. The van der Waals surface area contributed by atoms with Gasteiger partial charge in [-0.1, -0.05) is 48.6 Å². The molecule has 2 heteroatoms. The second-order valence-corrected chi connectivity index (χ2v) is 5.54. The maximum Gasteiger partial charge on any atom is 0.0647 e. The SMILES string of the molecule is C[SiH](C)c1ccccc1.[Si]. The molecule has 0 aromatic heterocycles. The van der Waals surface area contributed by atoms with Gasteiger partial charge in [-0.15, -0.1) is 0 Å². The van der Waals surface area contributed by atoms with Gasteiger partial charge in [-0.3, -0.25) is 0 Å². The van der Waals surface area contributed by atoms with Crippen molar-refractivity contribution in [2.45, 2.75) is 13.1 Å². The first-order valence-electron chi connectivity index (χ1n) is 3.35. The third kappa shape index (κ3) is 2.50. The molecule has 0 aliphatic carbocycles. The van der Waals surface area contributed by atoms with Crippen LogP contribution in [-0.2, 0) is 0 Å². The maximum atomic E-state index is 2.34. The molecule has 4 radical (unpaired) electrons. The lowest BCUT2D eigenvalue weighted by Crippen LogP contribution is -2.21. The Morgan fingerprint density at radius 2 is 1.50 bits per heavy atom. The molecular weight excluding hydrogens is 152 g/mol. The fourth-order valence-corrected chi connectivity index (χ4v) is 1.83. The van der Waals surface area contributed by atoms with Gasteiger partial charge in [-0.2, -0.15) is 0 Å². The average molecular weight is 164 g/mol. The van der Waals surface area contributed by atoms with E-state index in [1.807, 2.05) is 0 Å². The van der Waals surface area contributed by atoms with Crippen LogP contribution in [0.2, 0.25) is 13.1 Å². The van der Waals surface area contributed by atoms with E-state index in [1.54, 1.807) is 5.19 Å². The number of benzene rings is 1. The maximum absolute atomic E-state index is 2.34. The van der Waals surface area contributed by atoms with Gasteiger partial charge in [0.25, 0.3) is 0 Å². The van der Waals surface area contributed by atoms with Crippen molar-refractivity contribution < 1.29 is 0 Å². The summed E-state index contributed by atoms with van der Waals surface area (Å²) < 4.78 is 0. The molecule has 0 saturated heterocycles. The topological polar surface area (TPSA) is 0 Å². The highest BCUT2D eigenvalue weighted by molar-refractivity contribution is 6.70. The Morgan fingerprint density at radius 3 is 1.80 bits per heavy atom. The molecule has 52 valence electrons. The van der Waals surface area contributed by atoms with Crippen molar-refractivity contribution in [1.82, 2.24) is 0 Å². The summed E-state index contributed by atoms with van der Waals surface area (Å²) in [4.78, 5) is 0. The molecule has 0 unspecified atom stereocenters. The summed E-state index contributed by atoms with van der Waals surface area (Å²) in [5.74, 6) is 0. The Bertz CT molecular complexity index is 170. The summed E-state index contributed by atoms with van der Waals surface area (Å²) >= 11 is 0. The predicted octanol–water partition coefficient (Wildman–Crippen LogP) is 0.999. The highest BCUT2D eigenvalue weighted by Gasteiger charge is 1.95. The van der Waals surface area contributed by atoms with Gasteiger partial charge in [0, 0.05) is 11.0 Å². The fourth-order valence-electron chi connectivity index (χ4n) is 0.838. The molecule has 0 N–H and O–H groups in total. The van der Waals surface area contributed by atoms with Crippen LogP contribution in [0.25, 0.3) is 0 Å². The number of rotatable bonds is 1. The predicted molar refractivity (Wildman–Crippen MR) is 50.7 cm³/mol. The first-order chi connectivity index (χ1) is 4.30. The minimum absolute atomic E-state index is 0. The van der Waals surface area contributed by atoms with E-state index in [0.717, 1.165) is 0 Å². The van der Waals surface area contributed by atoms with Crippen molar-refractivity contribution in [2.24, 2.45) is 0 Å². The molecule has 10 heavy (non-hydrogen) atoms. The molecule has 0 aliphatic heterocycles. The van der Waals surface area contributed by atoms with Crippen LogP contribution in [0.5, 0.6) is 0 Å². The molecule has 0 heterocycles. The number of hydrogen-bond acceptors (Lipinski definition) is 0. The van der Waals surface area contributed by atoms with Crippen LogP contribution in [0.3, 0.4) is 0 Å². The Labute approximate surface area is 68.9 Å². The van der Waals surface area contributed by atoms with E-state index in [1.165, 1.54) is 0 Å². The van der Waals surface area contributed by atoms with E-state index in [9.17, 15) is 0 Å². The first kappa shape index (κ1) is 9.65. The lowest BCUT2D eigenvalue weighted by Gasteiger charge is -1.99. The van der Waals surface area contributed by atoms with Crippen LogP contribution in [0, 0.1) is 0 Å². The van der Waals surface area contributed by atoms with E-state index in [-0.39, 0.29) is 11.0 Å². The van der Waals surface area contributed by atoms with Crippen LogP contribution < -0.4 is 5.19 Å². The average Bonchev–Trinajstić information content (AvgIpc) is 1.90. The van der Waals surface area contributed by atoms with Gasteiger partial charge in [0.05, 0.1) is 8.80 Å². The van der Waals surface area contributed by atoms with Crippen molar-refractivity contribution in [2.75, 3.05) is 0 Å². The Balaban J connectivity index is 0.000000810. The quantitative estimate of drug-likeness (QED) is 0.543. The Kier molecular flexibility index (Phi) is 4.31. The summed E-state index contributed by atoms with van der Waals surface area (Å²) in [6.45, 7) is 4.69. The molecule has 1 aromatic rings. The van der Waals surface area contributed by atoms with Gasteiger partial charge >= 0.3 is 0 Å². The highest BCUT2D eigenvalue weighted by atomic mass is 28.3. The van der Waals surface area contributed by atoms with Crippen LogP contribution >= 0.6 is 0 Å². The third-order valence-corrected chi connectivity index (χ3v) is 3.18. The van der Waals surface area contributed by atoms with Crippen molar-refractivity contribution in [3.05, 3.63) is 30.3 Å². The van der Waals surface area contributed by atoms with Gasteiger partial charge in [0.1, 0.15) is 0 Å². The first-order valence-corrected chi connectivity index (χ1v) is 6.24. The summed E-state index contributed by atoms with van der Waals surface area (Å²) in [6, 6.07) is 10.7. The lowest BCUT2D eigenvalue weighted by molar-refractivity contribution is 1.74. The second-order valence-electron chi connectivity index (χ2n) is 2.57. The van der Waals surface area contributed by atoms with Gasteiger partial charge in [-0.05, 0) is 0 Å². The molecule has 0 saturated carbocycles. The minimum Gasteiger partial charge on any atom is -0.0682 e. The van der Waals surface area contributed by atoms with E-state index in [4.69, 9.17) is 0 Å². The van der Waals surface area contributed by atoms with E-state index in [2.05, 4.69) is 43.4 Å². The van der Waals surface area contributed by atoms with Crippen molar-refractivity contribution in [1.29, 1.82) is 0 Å². The normalized spacial score (nSPS) is 9.10. The fraction of sp³-hybridized carbons (Fsp3) is 0.250. The van der Waals surface area contributed by atoms with Crippen molar-refractivity contribution >= 4 is 24.9 Å². The smallest absolute Gasteiger partial charge is 0.0647 e. The number of hydrogen-bond donors (Lipinski definition) is 0. The second kappa shape index (κ2) is 4.47. The van der Waals surface area contributed by atoms with Crippen molar-refractivity contribution in [3.63, 3.8) is 0 Å². The summed E-state index contributed by atoms with van der Waals surface area (Å²) in [5, 5.41) is 1.55. The minimum atomic E-state index is -0.529. The van der Waals surface area contributed by atoms with Gasteiger partial charge in [-0.25, -0.2) is 0 Å². The zero-order valence-corrected chi connectivity index (χ0v) is 8.62. The molecule has 1 rings (SSSR count). The molecule has 1 aromatic carbocycles. The molecule has 0 atom stereocenters. The monoisotopic (exact) mass is 164 g/mol. The van der Waals surface area contributed by atoms with Gasteiger partial charge in [0.15, 0.2) is 0 Å². The highest BCUT2D eigenvalue weighted by Crippen LogP contribution is 1.85. The molecule has 0 fully saturated rings. The van der Waals surface area contributed by atoms with E-state index < -0.39 is 8.80 Å². The standard InChI is InChI=1S/C8H12Si.Si/c1-9(2)8-6-4-3-5-7-8;/h3-7,9H,1-2H3;. The van der Waals surface area contributed by atoms with Crippen molar-refractivity contribution in [3.8, 4) is 0 Å². The Hall–Kier alpha value is -0.346. The zero-order chi connectivity index (χ0) is 6.69. The van der Waals surface area contributed by atoms with E-state index >= 15 is 0 Å².